The molecule has 0 fully saturated rings. The van der Waals surface area contributed by atoms with Gasteiger partial charge in [-0.25, -0.2) is 9.78 Å². The average molecular weight is 391 g/mol. The fourth-order valence-corrected chi connectivity index (χ4v) is 2.89. The molecule has 0 saturated carbocycles. The van der Waals surface area contributed by atoms with Crippen molar-refractivity contribution < 1.29 is 15.0 Å². The molecule has 3 aromatic rings. The third-order valence-corrected chi connectivity index (χ3v) is 4.11. The number of aliphatic hydroxyl groups is 1. The number of hydrogen-bond donors (Lipinski definition) is 3. The SMILES string of the molecule is CC(C)(O)C#Cc1cccc2nc(CCNC(=O)O)n(-c3ccccc3)c(=O)c12. The molecule has 1 heterocycles. The topological polar surface area (TPSA) is 104 Å². The lowest BCUT2D eigenvalue weighted by atomic mass is 10.1. The Morgan fingerprint density at radius 3 is 2.55 bits per heavy atom. The molecule has 29 heavy (non-hydrogen) atoms. The summed E-state index contributed by atoms with van der Waals surface area (Å²) in [5, 5.41) is 21.4. The van der Waals surface area contributed by atoms with Crippen molar-refractivity contribution in [2.45, 2.75) is 25.9 Å². The van der Waals surface area contributed by atoms with Gasteiger partial charge < -0.3 is 15.5 Å². The number of aromatic nitrogens is 2. The van der Waals surface area contributed by atoms with Crippen molar-refractivity contribution in [3.63, 3.8) is 0 Å². The maximum atomic E-state index is 13.4. The average Bonchev–Trinajstić information content (AvgIpc) is 2.66. The second-order valence-corrected chi connectivity index (χ2v) is 6.99. The Kier molecular flexibility index (Phi) is 5.66. The minimum atomic E-state index is -1.20. The normalized spacial score (nSPS) is 11.0. The smallest absolute Gasteiger partial charge is 0.404 e. The van der Waals surface area contributed by atoms with E-state index in [0.717, 1.165) is 0 Å². The van der Waals surface area contributed by atoms with E-state index in [1.807, 2.05) is 18.2 Å². The zero-order valence-electron chi connectivity index (χ0n) is 16.1. The Hall–Kier alpha value is -3.63. The van der Waals surface area contributed by atoms with Crippen LogP contribution in [0.15, 0.2) is 53.3 Å². The quantitative estimate of drug-likeness (QED) is 0.592. The minimum absolute atomic E-state index is 0.123. The number of carbonyl (C=O) groups is 1. The lowest BCUT2D eigenvalue weighted by Crippen LogP contribution is -2.29. The van der Waals surface area contributed by atoms with Crippen molar-refractivity contribution in [3.05, 3.63) is 70.3 Å². The number of hydrogen-bond acceptors (Lipinski definition) is 4. The Morgan fingerprint density at radius 1 is 1.17 bits per heavy atom. The Labute approximate surface area is 167 Å². The van der Waals surface area contributed by atoms with Gasteiger partial charge in [-0.3, -0.25) is 9.36 Å². The summed E-state index contributed by atoms with van der Waals surface area (Å²) in [5.41, 5.74) is 0.0722. The van der Waals surface area contributed by atoms with Crippen LogP contribution in [-0.2, 0) is 6.42 Å². The molecule has 3 N–H and O–H groups in total. The van der Waals surface area contributed by atoms with E-state index in [1.165, 1.54) is 4.57 Å². The third-order valence-electron chi connectivity index (χ3n) is 4.11. The summed E-state index contributed by atoms with van der Waals surface area (Å²) in [6, 6.07) is 14.2. The first kappa shape index (κ1) is 20.1. The molecule has 0 aliphatic rings. The molecule has 0 bridgehead atoms. The van der Waals surface area contributed by atoms with Gasteiger partial charge in [-0.05, 0) is 38.1 Å². The second-order valence-electron chi connectivity index (χ2n) is 6.99. The van der Waals surface area contributed by atoms with E-state index in [2.05, 4.69) is 22.1 Å². The summed E-state index contributed by atoms with van der Waals surface area (Å²) in [7, 11) is 0. The van der Waals surface area contributed by atoms with Crippen LogP contribution in [0.4, 0.5) is 4.79 Å². The summed E-state index contributed by atoms with van der Waals surface area (Å²) < 4.78 is 1.47. The summed E-state index contributed by atoms with van der Waals surface area (Å²) in [5.74, 6) is 6.05. The van der Waals surface area contributed by atoms with Crippen LogP contribution in [0.5, 0.6) is 0 Å². The molecule has 2 aromatic carbocycles. The highest BCUT2D eigenvalue weighted by Gasteiger charge is 2.15. The zero-order valence-corrected chi connectivity index (χ0v) is 16.1. The number of nitrogens with one attached hydrogen (secondary N) is 1. The van der Waals surface area contributed by atoms with Gasteiger partial charge in [-0.1, -0.05) is 36.1 Å². The number of rotatable bonds is 4. The Morgan fingerprint density at radius 2 is 1.90 bits per heavy atom. The van der Waals surface area contributed by atoms with Crippen molar-refractivity contribution in [2.24, 2.45) is 0 Å². The van der Waals surface area contributed by atoms with Gasteiger partial charge in [0, 0.05) is 18.5 Å². The summed E-state index contributed by atoms with van der Waals surface area (Å²) in [6.45, 7) is 3.26. The van der Waals surface area contributed by atoms with Gasteiger partial charge in [-0.2, -0.15) is 0 Å². The van der Waals surface area contributed by atoms with Crippen LogP contribution in [-0.4, -0.2) is 38.0 Å². The minimum Gasteiger partial charge on any atom is -0.465 e. The Balaban J connectivity index is 2.24. The Bertz CT molecular complexity index is 1170. The van der Waals surface area contributed by atoms with E-state index in [0.29, 0.717) is 28.0 Å². The van der Waals surface area contributed by atoms with Crippen LogP contribution in [0.25, 0.3) is 16.6 Å². The monoisotopic (exact) mass is 391 g/mol. The van der Waals surface area contributed by atoms with Crippen LogP contribution < -0.4 is 10.9 Å². The van der Waals surface area contributed by atoms with Crippen molar-refractivity contribution in [3.8, 4) is 17.5 Å². The van der Waals surface area contributed by atoms with Gasteiger partial charge in [0.1, 0.15) is 11.4 Å². The maximum absolute atomic E-state index is 13.4. The lowest BCUT2D eigenvalue weighted by Gasteiger charge is -2.14. The lowest BCUT2D eigenvalue weighted by molar-refractivity contribution is 0.143. The molecule has 0 aliphatic carbocycles. The molecular weight excluding hydrogens is 370 g/mol. The summed E-state index contributed by atoms with van der Waals surface area (Å²) in [6.07, 6.45) is -0.894. The predicted molar refractivity (Wildman–Crippen MR) is 110 cm³/mol. The van der Waals surface area contributed by atoms with Crippen LogP contribution >= 0.6 is 0 Å². The van der Waals surface area contributed by atoms with E-state index in [9.17, 15) is 14.7 Å². The van der Waals surface area contributed by atoms with E-state index >= 15 is 0 Å². The molecule has 3 rings (SSSR count). The van der Waals surface area contributed by atoms with Gasteiger partial charge in [0.2, 0.25) is 0 Å². The van der Waals surface area contributed by atoms with Gasteiger partial charge >= 0.3 is 6.09 Å². The number of para-hydroxylation sites is 1. The van der Waals surface area contributed by atoms with Gasteiger partial charge in [0.15, 0.2) is 0 Å². The highest BCUT2D eigenvalue weighted by atomic mass is 16.4. The summed E-state index contributed by atoms with van der Waals surface area (Å²) in [4.78, 5) is 28.8. The van der Waals surface area contributed by atoms with Crippen molar-refractivity contribution >= 4 is 17.0 Å². The number of benzene rings is 2. The first-order chi connectivity index (χ1) is 13.8. The molecule has 7 nitrogen and oxygen atoms in total. The molecular formula is C22H21N3O4. The standard InChI is InChI=1S/C22H21N3O4/c1-22(2,29)13-11-15-7-6-10-17-19(15)20(26)25(16-8-4-3-5-9-16)18(24-17)12-14-23-21(27)28/h3-10,23,29H,12,14H2,1-2H3,(H,27,28). The van der Waals surface area contributed by atoms with Gasteiger partial charge in [-0.15, -0.1) is 0 Å². The van der Waals surface area contributed by atoms with Crippen LogP contribution in [0.1, 0.15) is 25.2 Å². The largest absolute Gasteiger partial charge is 0.465 e. The van der Waals surface area contributed by atoms with Crippen LogP contribution in [0, 0.1) is 11.8 Å². The molecule has 0 saturated heterocycles. The first-order valence-electron chi connectivity index (χ1n) is 9.09. The predicted octanol–water partition coefficient (Wildman–Crippen LogP) is 2.32. The number of amides is 1. The first-order valence-corrected chi connectivity index (χ1v) is 9.09. The van der Waals surface area contributed by atoms with Gasteiger partial charge in [0.25, 0.3) is 5.56 Å². The van der Waals surface area contributed by atoms with Crippen LogP contribution in [0.3, 0.4) is 0 Å². The number of nitrogens with zero attached hydrogens (tertiary/aromatic N) is 2. The number of carboxylic acid groups (broad SMARTS) is 1. The van der Waals surface area contributed by atoms with E-state index in [1.54, 1.807) is 44.2 Å². The van der Waals surface area contributed by atoms with E-state index in [-0.39, 0.29) is 18.5 Å². The summed E-state index contributed by atoms with van der Waals surface area (Å²) >= 11 is 0. The molecule has 1 amide bonds. The molecule has 0 radical (unpaired) electrons. The van der Waals surface area contributed by atoms with Gasteiger partial charge in [0.05, 0.1) is 16.6 Å². The highest BCUT2D eigenvalue weighted by Crippen LogP contribution is 2.17. The fraction of sp³-hybridized carbons (Fsp3) is 0.227. The van der Waals surface area contributed by atoms with Crippen molar-refractivity contribution in [2.75, 3.05) is 6.54 Å². The maximum Gasteiger partial charge on any atom is 0.404 e. The molecule has 148 valence electrons. The molecule has 1 aromatic heterocycles. The molecule has 0 spiro atoms. The fourth-order valence-electron chi connectivity index (χ4n) is 2.89. The van der Waals surface area contributed by atoms with Crippen molar-refractivity contribution in [1.82, 2.24) is 14.9 Å². The van der Waals surface area contributed by atoms with Crippen LogP contribution in [0.2, 0.25) is 0 Å². The number of fused-ring (bicyclic) bond motifs is 1. The third kappa shape index (κ3) is 4.81. The molecule has 0 unspecified atom stereocenters. The molecule has 0 aliphatic heterocycles. The van der Waals surface area contributed by atoms with E-state index < -0.39 is 11.7 Å². The van der Waals surface area contributed by atoms with E-state index in [4.69, 9.17) is 5.11 Å². The highest BCUT2D eigenvalue weighted by molar-refractivity contribution is 5.84. The second kappa shape index (κ2) is 8.17. The zero-order chi connectivity index (χ0) is 21.0. The molecule has 7 heteroatoms. The molecule has 0 atom stereocenters. The van der Waals surface area contributed by atoms with Crippen molar-refractivity contribution in [1.29, 1.82) is 0 Å².